The van der Waals surface area contributed by atoms with Crippen LogP contribution < -0.4 is 10.2 Å². The highest BCUT2D eigenvalue weighted by Gasteiger charge is 2.21. The molecule has 0 spiro atoms. The van der Waals surface area contributed by atoms with Crippen LogP contribution in [0.5, 0.6) is 0 Å². The maximum atomic E-state index is 11.2. The summed E-state index contributed by atoms with van der Waals surface area (Å²) in [7, 11) is 0. The summed E-state index contributed by atoms with van der Waals surface area (Å²) in [5.74, 6) is 0.564. The molecule has 0 aromatic heterocycles. The summed E-state index contributed by atoms with van der Waals surface area (Å²) in [6.07, 6.45) is 2.98. The molecule has 1 aliphatic rings. The standard InChI is InChI=1S/C15H19BrN2O2/c1-11(20)17-9-12-4-6-18(7-5-12)15-3-2-14(16)8-13(15)10-19/h2-3,8,10,12H,4-7,9H2,1H3,(H,17,20). The van der Waals surface area contributed by atoms with Gasteiger partial charge < -0.3 is 10.2 Å². The fourth-order valence-electron chi connectivity index (χ4n) is 2.57. The highest BCUT2D eigenvalue weighted by Crippen LogP contribution is 2.27. The van der Waals surface area contributed by atoms with Crippen molar-refractivity contribution in [3.05, 3.63) is 28.2 Å². The number of hydrogen-bond acceptors (Lipinski definition) is 3. The van der Waals surface area contributed by atoms with E-state index in [0.717, 1.165) is 54.5 Å². The van der Waals surface area contributed by atoms with Gasteiger partial charge in [-0.15, -0.1) is 0 Å². The van der Waals surface area contributed by atoms with Crippen molar-refractivity contribution in [1.82, 2.24) is 5.32 Å². The van der Waals surface area contributed by atoms with Crippen LogP contribution in [0, 0.1) is 5.92 Å². The lowest BCUT2D eigenvalue weighted by molar-refractivity contribution is -0.119. The number of piperidine rings is 1. The second-order valence-electron chi connectivity index (χ2n) is 5.19. The monoisotopic (exact) mass is 338 g/mol. The molecule has 108 valence electrons. The number of benzene rings is 1. The molecule has 1 fully saturated rings. The summed E-state index contributed by atoms with van der Waals surface area (Å²) in [5.41, 5.74) is 1.72. The van der Waals surface area contributed by atoms with E-state index in [4.69, 9.17) is 0 Å². The first kappa shape index (κ1) is 15.0. The maximum Gasteiger partial charge on any atom is 0.216 e. The van der Waals surface area contributed by atoms with E-state index < -0.39 is 0 Å². The minimum atomic E-state index is 0.0311. The van der Waals surface area contributed by atoms with Crippen LogP contribution in [0.25, 0.3) is 0 Å². The average Bonchev–Trinajstić information content (AvgIpc) is 2.45. The van der Waals surface area contributed by atoms with Gasteiger partial charge in [0.2, 0.25) is 5.91 Å². The highest BCUT2D eigenvalue weighted by atomic mass is 79.9. The largest absolute Gasteiger partial charge is 0.371 e. The maximum absolute atomic E-state index is 11.2. The number of anilines is 1. The van der Waals surface area contributed by atoms with Crippen LogP contribution >= 0.6 is 15.9 Å². The molecule has 0 saturated carbocycles. The second-order valence-corrected chi connectivity index (χ2v) is 6.10. The molecule has 0 aliphatic carbocycles. The van der Waals surface area contributed by atoms with E-state index in [-0.39, 0.29) is 5.91 Å². The van der Waals surface area contributed by atoms with E-state index in [1.807, 2.05) is 18.2 Å². The van der Waals surface area contributed by atoms with Gasteiger partial charge in [-0.05, 0) is 37.0 Å². The average molecular weight is 339 g/mol. The molecule has 2 rings (SSSR count). The number of carbonyl (C=O) groups is 2. The molecule has 0 bridgehead atoms. The zero-order valence-electron chi connectivity index (χ0n) is 11.6. The number of nitrogens with zero attached hydrogens (tertiary/aromatic N) is 1. The first-order chi connectivity index (χ1) is 9.60. The summed E-state index contributed by atoms with van der Waals surface area (Å²) in [6, 6.07) is 5.80. The Morgan fingerprint density at radius 3 is 2.75 bits per heavy atom. The Bertz CT molecular complexity index is 497. The van der Waals surface area contributed by atoms with Crippen molar-refractivity contribution >= 4 is 33.8 Å². The van der Waals surface area contributed by atoms with Crippen LogP contribution in [0.4, 0.5) is 5.69 Å². The number of aldehydes is 1. The van der Waals surface area contributed by atoms with E-state index >= 15 is 0 Å². The van der Waals surface area contributed by atoms with E-state index in [0.29, 0.717) is 5.92 Å². The van der Waals surface area contributed by atoms with Gasteiger partial charge >= 0.3 is 0 Å². The summed E-state index contributed by atoms with van der Waals surface area (Å²) in [4.78, 5) is 24.3. The van der Waals surface area contributed by atoms with Crippen molar-refractivity contribution in [2.45, 2.75) is 19.8 Å². The fraction of sp³-hybridized carbons (Fsp3) is 0.467. The summed E-state index contributed by atoms with van der Waals surface area (Å²) < 4.78 is 0.920. The van der Waals surface area contributed by atoms with Crippen LogP contribution in [-0.4, -0.2) is 31.8 Å². The minimum Gasteiger partial charge on any atom is -0.371 e. The van der Waals surface area contributed by atoms with Crippen molar-refractivity contribution in [2.75, 3.05) is 24.5 Å². The molecule has 0 radical (unpaired) electrons. The first-order valence-electron chi connectivity index (χ1n) is 6.84. The van der Waals surface area contributed by atoms with Gasteiger partial charge in [0.25, 0.3) is 0 Å². The lowest BCUT2D eigenvalue weighted by atomic mass is 9.96. The van der Waals surface area contributed by atoms with Gasteiger partial charge in [-0.25, -0.2) is 0 Å². The summed E-state index contributed by atoms with van der Waals surface area (Å²) in [5, 5.41) is 2.88. The zero-order valence-corrected chi connectivity index (χ0v) is 13.1. The molecular formula is C15H19BrN2O2. The van der Waals surface area contributed by atoms with Gasteiger partial charge in [-0.3, -0.25) is 9.59 Å². The molecule has 1 saturated heterocycles. The van der Waals surface area contributed by atoms with Crippen molar-refractivity contribution in [3.8, 4) is 0 Å². The molecule has 1 aromatic carbocycles. The molecule has 4 nitrogen and oxygen atoms in total. The molecule has 1 aromatic rings. The third-order valence-electron chi connectivity index (χ3n) is 3.71. The normalized spacial score (nSPS) is 16.0. The van der Waals surface area contributed by atoms with Gasteiger partial charge in [0.1, 0.15) is 0 Å². The van der Waals surface area contributed by atoms with Crippen LogP contribution in [0.3, 0.4) is 0 Å². The van der Waals surface area contributed by atoms with Crippen LogP contribution in [-0.2, 0) is 4.79 Å². The molecule has 5 heteroatoms. The molecule has 20 heavy (non-hydrogen) atoms. The number of halogens is 1. The molecule has 1 amide bonds. The Kier molecular flexibility index (Phi) is 5.17. The molecule has 0 unspecified atom stereocenters. The Morgan fingerprint density at radius 2 is 2.15 bits per heavy atom. The van der Waals surface area contributed by atoms with E-state index in [9.17, 15) is 9.59 Å². The van der Waals surface area contributed by atoms with Gasteiger partial charge in [-0.2, -0.15) is 0 Å². The van der Waals surface area contributed by atoms with E-state index in [1.54, 1.807) is 6.92 Å². The number of nitrogens with one attached hydrogen (secondary N) is 1. The number of hydrogen-bond donors (Lipinski definition) is 1. The highest BCUT2D eigenvalue weighted by molar-refractivity contribution is 9.10. The topological polar surface area (TPSA) is 49.4 Å². The van der Waals surface area contributed by atoms with Crippen LogP contribution in [0.1, 0.15) is 30.1 Å². The van der Waals surface area contributed by atoms with Gasteiger partial charge in [0, 0.05) is 42.3 Å². The SMILES string of the molecule is CC(=O)NCC1CCN(c2ccc(Br)cc2C=O)CC1. The van der Waals surface area contributed by atoms with Crippen molar-refractivity contribution in [1.29, 1.82) is 0 Å². The van der Waals surface area contributed by atoms with Crippen molar-refractivity contribution in [2.24, 2.45) is 5.92 Å². The molecular weight excluding hydrogens is 320 g/mol. The van der Waals surface area contributed by atoms with Crippen LogP contribution in [0.15, 0.2) is 22.7 Å². The van der Waals surface area contributed by atoms with E-state index in [2.05, 4.69) is 26.1 Å². The number of carbonyl (C=O) groups excluding carboxylic acids is 2. The number of amides is 1. The Balaban J connectivity index is 1.97. The van der Waals surface area contributed by atoms with Gasteiger partial charge in [-0.1, -0.05) is 15.9 Å². The number of rotatable bonds is 4. The van der Waals surface area contributed by atoms with Crippen molar-refractivity contribution < 1.29 is 9.59 Å². The Hall–Kier alpha value is -1.36. The third-order valence-corrected chi connectivity index (χ3v) is 4.20. The molecule has 1 heterocycles. The summed E-state index contributed by atoms with van der Waals surface area (Å²) >= 11 is 3.39. The van der Waals surface area contributed by atoms with Crippen LogP contribution in [0.2, 0.25) is 0 Å². The molecule has 1 aliphatic heterocycles. The fourth-order valence-corrected chi connectivity index (χ4v) is 2.95. The predicted molar refractivity (Wildman–Crippen MR) is 83.2 cm³/mol. The first-order valence-corrected chi connectivity index (χ1v) is 7.63. The van der Waals surface area contributed by atoms with Gasteiger partial charge in [0.15, 0.2) is 6.29 Å². The minimum absolute atomic E-state index is 0.0311. The smallest absolute Gasteiger partial charge is 0.216 e. The molecule has 1 N–H and O–H groups in total. The van der Waals surface area contributed by atoms with E-state index in [1.165, 1.54) is 0 Å². The Labute approximate surface area is 127 Å². The van der Waals surface area contributed by atoms with Crippen molar-refractivity contribution in [3.63, 3.8) is 0 Å². The Morgan fingerprint density at radius 1 is 1.45 bits per heavy atom. The third kappa shape index (κ3) is 3.82. The second kappa shape index (κ2) is 6.88. The predicted octanol–water partition coefficient (Wildman–Crippen LogP) is 2.61. The molecule has 0 atom stereocenters. The van der Waals surface area contributed by atoms with Gasteiger partial charge in [0.05, 0.1) is 0 Å². The summed E-state index contributed by atoms with van der Waals surface area (Å²) in [6.45, 7) is 4.15. The zero-order chi connectivity index (χ0) is 14.5. The quantitative estimate of drug-likeness (QED) is 0.858. The lowest BCUT2D eigenvalue weighted by Crippen LogP contribution is -2.38. The lowest BCUT2D eigenvalue weighted by Gasteiger charge is -2.34.